The van der Waals surface area contributed by atoms with Gasteiger partial charge < -0.3 is 4.74 Å². The maximum absolute atomic E-state index is 10.7. The van der Waals surface area contributed by atoms with Crippen LogP contribution < -0.4 is 0 Å². The summed E-state index contributed by atoms with van der Waals surface area (Å²) in [6.45, 7) is 0. The summed E-state index contributed by atoms with van der Waals surface area (Å²) in [5.41, 5.74) is 0. The van der Waals surface area contributed by atoms with E-state index in [1.807, 2.05) is 0 Å². The molecule has 0 aliphatic heterocycles. The Labute approximate surface area is 58.9 Å². The van der Waals surface area contributed by atoms with Gasteiger partial charge in [0, 0.05) is 0 Å². The molecule has 0 radical (unpaired) electrons. The fraction of sp³-hybridized carbons (Fsp3) is 0.429. The van der Waals surface area contributed by atoms with Gasteiger partial charge in [0.25, 0.3) is 0 Å². The normalized spacial score (nSPS) is 16.7. The van der Waals surface area contributed by atoms with E-state index in [1.54, 1.807) is 6.07 Å². The van der Waals surface area contributed by atoms with Gasteiger partial charge in [0.05, 0.1) is 18.1 Å². The highest BCUT2D eigenvalue weighted by molar-refractivity contribution is 5.75. The Morgan fingerprint density at radius 3 is 2.90 bits per heavy atom. The predicted octanol–water partition coefficient (Wildman–Crippen LogP) is 0.977. The molecule has 1 aliphatic rings. The van der Waals surface area contributed by atoms with Crippen LogP contribution in [0, 0.1) is 17.2 Å². The number of rotatable bonds is 2. The summed E-state index contributed by atoms with van der Waals surface area (Å²) in [5, 5.41) is 8.01. The van der Waals surface area contributed by atoms with Gasteiger partial charge in [0.1, 0.15) is 6.26 Å². The van der Waals surface area contributed by atoms with Crippen LogP contribution in [0.3, 0.4) is 0 Å². The van der Waals surface area contributed by atoms with Gasteiger partial charge in [-0.05, 0) is 12.8 Å². The van der Waals surface area contributed by atoms with Crippen LogP contribution in [0.4, 0.5) is 0 Å². The Kier molecular flexibility index (Phi) is 2.06. The fourth-order valence-electron chi connectivity index (χ4n) is 0.547. The van der Waals surface area contributed by atoms with Gasteiger partial charge in [-0.25, -0.2) is 0 Å². The average Bonchev–Trinajstić information content (AvgIpc) is 2.69. The molecular weight excluding hydrogens is 130 g/mol. The van der Waals surface area contributed by atoms with Gasteiger partial charge in [0.2, 0.25) is 0 Å². The first-order chi connectivity index (χ1) is 4.84. The number of carbonyl (C=O) groups excluding carboxylic acids is 1. The topological polar surface area (TPSA) is 50.1 Å². The van der Waals surface area contributed by atoms with E-state index in [0.29, 0.717) is 0 Å². The Bertz CT molecular complexity index is 198. The molecule has 1 saturated carbocycles. The van der Waals surface area contributed by atoms with Crippen LogP contribution in [0.1, 0.15) is 12.8 Å². The summed E-state index contributed by atoms with van der Waals surface area (Å²) in [5.74, 6) is -0.116. The molecule has 0 spiro atoms. The number of ether oxygens (including phenoxy) is 1. The highest BCUT2D eigenvalue weighted by Crippen LogP contribution is 2.29. The smallest absolute Gasteiger partial charge is 0.313 e. The first-order valence-corrected chi connectivity index (χ1v) is 3.09. The molecule has 3 heteroatoms. The zero-order chi connectivity index (χ0) is 7.40. The second-order valence-corrected chi connectivity index (χ2v) is 2.14. The Balaban J connectivity index is 2.19. The van der Waals surface area contributed by atoms with E-state index in [9.17, 15) is 4.79 Å². The number of carbonyl (C=O) groups is 1. The molecule has 0 aromatic heterocycles. The van der Waals surface area contributed by atoms with Crippen molar-refractivity contribution in [3.63, 3.8) is 0 Å². The molecule has 0 N–H and O–H groups in total. The molecule has 0 bridgehead atoms. The van der Waals surface area contributed by atoms with Crippen molar-refractivity contribution in [3.05, 3.63) is 12.3 Å². The number of nitrogens with zero attached hydrogens (tertiary/aromatic N) is 1. The molecule has 1 rings (SSSR count). The quantitative estimate of drug-likeness (QED) is 0.324. The van der Waals surface area contributed by atoms with Crippen LogP contribution in [0.15, 0.2) is 12.3 Å². The second kappa shape index (κ2) is 3.02. The SMILES string of the molecule is N#CC=COC(=O)C1CC1. The lowest BCUT2D eigenvalue weighted by molar-refractivity contribution is -0.139. The third kappa shape index (κ3) is 1.90. The average molecular weight is 137 g/mol. The van der Waals surface area contributed by atoms with Crippen molar-refractivity contribution in [2.75, 3.05) is 0 Å². The molecule has 52 valence electrons. The third-order valence-electron chi connectivity index (χ3n) is 1.24. The third-order valence-corrected chi connectivity index (χ3v) is 1.24. The minimum absolute atomic E-state index is 0.100. The number of esters is 1. The molecule has 10 heavy (non-hydrogen) atoms. The molecule has 0 saturated heterocycles. The molecule has 3 nitrogen and oxygen atoms in total. The summed E-state index contributed by atoms with van der Waals surface area (Å²) in [6.07, 6.45) is 4.12. The predicted molar refractivity (Wildman–Crippen MR) is 33.6 cm³/mol. The van der Waals surface area contributed by atoms with Crippen LogP contribution in [0.25, 0.3) is 0 Å². The molecule has 0 unspecified atom stereocenters. The summed E-state index contributed by atoms with van der Waals surface area (Å²) in [7, 11) is 0. The molecule has 0 atom stereocenters. The molecular formula is C7H7NO2. The maximum atomic E-state index is 10.7. The van der Waals surface area contributed by atoms with Crippen LogP contribution in [0.5, 0.6) is 0 Å². The second-order valence-electron chi connectivity index (χ2n) is 2.14. The largest absolute Gasteiger partial charge is 0.434 e. The Morgan fingerprint density at radius 1 is 1.70 bits per heavy atom. The highest BCUT2D eigenvalue weighted by atomic mass is 16.5. The molecule has 0 aromatic rings. The van der Waals surface area contributed by atoms with Crippen LogP contribution >= 0.6 is 0 Å². The minimum atomic E-state index is -0.216. The van der Waals surface area contributed by atoms with Crippen molar-refractivity contribution in [1.82, 2.24) is 0 Å². The van der Waals surface area contributed by atoms with Gasteiger partial charge in [-0.3, -0.25) is 4.79 Å². The van der Waals surface area contributed by atoms with E-state index in [4.69, 9.17) is 5.26 Å². The van der Waals surface area contributed by atoms with Crippen LogP contribution in [-0.2, 0) is 9.53 Å². The number of hydrogen-bond donors (Lipinski definition) is 0. The van der Waals surface area contributed by atoms with Gasteiger partial charge >= 0.3 is 5.97 Å². The molecule has 0 heterocycles. The Hall–Kier alpha value is -1.30. The van der Waals surface area contributed by atoms with E-state index in [0.717, 1.165) is 25.2 Å². The Morgan fingerprint density at radius 2 is 2.40 bits per heavy atom. The first kappa shape index (κ1) is 6.81. The summed E-state index contributed by atoms with van der Waals surface area (Å²) in [6, 6.07) is 1.72. The molecule has 0 aromatic carbocycles. The number of nitriles is 1. The van der Waals surface area contributed by atoms with E-state index >= 15 is 0 Å². The van der Waals surface area contributed by atoms with E-state index in [1.165, 1.54) is 0 Å². The summed E-state index contributed by atoms with van der Waals surface area (Å²) in [4.78, 5) is 10.7. The van der Waals surface area contributed by atoms with E-state index < -0.39 is 0 Å². The van der Waals surface area contributed by atoms with Gasteiger partial charge in [0.15, 0.2) is 0 Å². The van der Waals surface area contributed by atoms with Crippen LogP contribution in [0.2, 0.25) is 0 Å². The van der Waals surface area contributed by atoms with E-state index in [2.05, 4.69) is 4.74 Å². The monoisotopic (exact) mass is 137 g/mol. The fourth-order valence-corrected chi connectivity index (χ4v) is 0.547. The lowest BCUT2D eigenvalue weighted by Gasteiger charge is -1.91. The van der Waals surface area contributed by atoms with Crippen molar-refractivity contribution < 1.29 is 9.53 Å². The summed E-state index contributed by atoms with van der Waals surface area (Å²) < 4.78 is 4.56. The number of hydrogen-bond acceptors (Lipinski definition) is 3. The van der Waals surface area contributed by atoms with Gasteiger partial charge in [-0.2, -0.15) is 5.26 Å². The first-order valence-electron chi connectivity index (χ1n) is 3.09. The lowest BCUT2D eigenvalue weighted by Crippen LogP contribution is -2.00. The molecule has 0 amide bonds. The zero-order valence-electron chi connectivity index (χ0n) is 5.41. The van der Waals surface area contributed by atoms with E-state index in [-0.39, 0.29) is 11.9 Å². The van der Waals surface area contributed by atoms with Gasteiger partial charge in [-0.15, -0.1) is 0 Å². The summed E-state index contributed by atoms with van der Waals surface area (Å²) >= 11 is 0. The van der Waals surface area contributed by atoms with Crippen molar-refractivity contribution in [1.29, 1.82) is 5.26 Å². The molecule has 1 fully saturated rings. The van der Waals surface area contributed by atoms with Gasteiger partial charge in [-0.1, -0.05) is 0 Å². The lowest BCUT2D eigenvalue weighted by atomic mass is 10.4. The maximum Gasteiger partial charge on any atom is 0.313 e. The van der Waals surface area contributed by atoms with Crippen molar-refractivity contribution in [2.24, 2.45) is 5.92 Å². The number of allylic oxidation sites excluding steroid dienone is 1. The standard InChI is InChI=1S/C7H7NO2/c8-4-1-5-10-7(9)6-2-3-6/h1,5-6H,2-3H2. The van der Waals surface area contributed by atoms with Crippen LogP contribution in [-0.4, -0.2) is 5.97 Å². The highest BCUT2D eigenvalue weighted by Gasteiger charge is 2.30. The van der Waals surface area contributed by atoms with Crippen molar-refractivity contribution in [3.8, 4) is 6.07 Å². The van der Waals surface area contributed by atoms with Crippen molar-refractivity contribution in [2.45, 2.75) is 12.8 Å². The van der Waals surface area contributed by atoms with Crippen molar-refractivity contribution >= 4 is 5.97 Å². The molecule has 1 aliphatic carbocycles. The minimum Gasteiger partial charge on any atom is -0.434 e. The zero-order valence-corrected chi connectivity index (χ0v) is 5.41.